The fraction of sp³-hybridized carbons (Fsp3) is 0.533. The Kier molecular flexibility index (Phi) is 7.53. The Balaban J connectivity index is 2.32. The third-order valence-corrected chi connectivity index (χ3v) is 3.82. The fourth-order valence-corrected chi connectivity index (χ4v) is 2.29. The molecule has 6 heteroatoms. The molecule has 0 bridgehead atoms. The van der Waals surface area contributed by atoms with Crippen LogP contribution in [0.15, 0.2) is 24.3 Å². The molecule has 0 saturated heterocycles. The SMILES string of the molecule is CSCCCCNC(=O)NCC(C)(O)c1ccc(F)cc1. The van der Waals surface area contributed by atoms with Crippen molar-refractivity contribution >= 4 is 17.8 Å². The van der Waals surface area contributed by atoms with Gasteiger partial charge in [-0.05, 0) is 49.5 Å². The molecule has 0 aromatic heterocycles. The van der Waals surface area contributed by atoms with E-state index >= 15 is 0 Å². The second kappa shape index (κ2) is 8.89. The average molecular weight is 314 g/mol. The van der Waals surface area contributed by atoms with E-state index in [0.29, 0.717) is 12.1 Å². The summed E-state index contributed by atoms with van der Waals surface area (Å²) in [7, 11) is 0. The van der Waals surface area contributed by atoms with Gasteiger partial charge in [-0.25, -0.2) is 9.18 Å². The summed E-state index contributed by atoms with van der Waals surface area (Å²) < 4.78 is 12.9. The van der Waals surface area contributed by atoms with E-state index in [-0.39, 0.29) is 18.4 Å². The highest BCUT2D eigenvalue weighted by molar-refractivity contribution is 7.98. The number of carbonyl (C=O) groups excluding carboxylic acids is 1. The van der Waals surface area contributed by atoms with Crippen molar-refractivity contribution in [2.45, 2.75) is 25.4 Å². The summed E-state index contributed by atoms with van der Waals surface area (Å²) in [5.41, 5.74) is -0.673. The zero-order valence-electron chi connectivity index (χ0n) is 12.5. The summed E-state index contributed by atoms with van der Waals surface area (Å²) >= 11 is 1.78. The van der Waals surface area contributed by atoms with Gasteiger partial charge < -0.3 is 15.7 Å². The lowest BCUT2D eigenvalue weighted by atomic mass is 9.96. The molecule has 0 spiro atoms. The van der Waals surface area contributed by atoms with Crippen LogP contribution in [0.5, 0.6) is 0 Å². The highest BCUT2D eigenvalue weighted by Gasteiger charge is 2.23. The van der Waals surface area contributed by atoms with Crippen LogP contribution in [0.2, 0.25) is 0 Å². The lowest BCUT2D eigenvalue weighted by Gasteiger charge is -2.24. The van der Waals surface area contributed by atoms with E-state index in [1.165, 1.54) is 24.3 Å². The minimum Gasteiger partial charge on any atom is -0.384 e. The van der Waals surface area contributed by atoms with Crippen LogP contribution in [0.25, 0.3) is 0 Å². The molecule has 1 aromatic carbocycles. The van der Waals surface area contributed by atoms with Gasteiger partial charge in [-0.2, -0.15) is 11.8 Å². The van der Waals surface area contributed by atoms with Crippen LogP contribution in [-0.4, -0.2) is 36.2 Å². The van der Waals surface area contributed by atoms with Crippen molar-refractivity contribution in [3.05, 3.63) is 35.6 Å². The van der Waals surface area contributed by atoms with Gasteiger partial charge in [-0.3, -0.25) is 0 Å². The normalized spacial score (nSPS) is 13.5. The van der Waals surface area contributed by atoms with Gasteiger partial charge in [0.2, 0.25) is 0 Å². The maximum atomic E-state index is 12.9. The standard InChI is InChI=1S/C15H23FN2O2S/c1-15(20,12-5-7-13(16)8-6-12)11-18-14(19)17-9-3-4-10-21-2/h5-8,20H,3-4,9-11H2,1-2H3,(H2,17,18,19). The van der Waals surface area contributed by atoms with Crippen LogP contribution >= 0.6 is 11.8 Å². The number of nitrogens with one attached hydrogen (secondary N) is 2. The van der Waals surface area contributed by atoms with Gasteiger partial charge >= 0.3 is 6.03 Å². The first-order valence-corrected chi connectivity index (χ1v) is 8.34. The summed E-state index contributed by atoms with van der Waals surface area (Å²) in [4.78, 5) is 11.6. The molecule has 0 aliphatic rings. The van der Waals surface area contributed by atoms with Crippen LogP contribution in [0.4, 0.5) is 9.18 Å². The highest BCUT2D eigenvalue weighted by Crippen LogP contribution is 2.19. The minimum atomic E-state index is -1.23. The topological polar surface area (TPSA) is 61.4 Å². The van der Waals surface area contributed by atoms with Crippen molar-refractivity contribution < 1.29 is 14.3 Å². The van der Waals surface area contributed by atoms with E-state index in [1.807, 2.05) is 0 Å². The van der Waals surface area contributed by atoms with Gasteiger partial charge in [-0.1, -0.05) is 12.1 Å². The second-order valence-corrected chi connectivity index (χ2v) is 6.08. The van der Waals surface area contributed by atoms with Crippen LogP contribution in [0.1, 0.15) is 25.3 Å². The summed E-state index contributed by atoms with van der Waals surface area (Å²) in [6.45, 7) is 2.26. The predicted octanol–water partition coefficient (Wildman–Crippen LogP) is 2.48. The maximum absolute atomic E-state index is 12.9. The molecule has 2 amide bonds. The van der Waals surface area contributed by atoms with Gasteiger partial charge in [-0.15, -0.1) is 0 Å². The van der Waals surface area contributed by atoms with E-state index in [1.54, 1.807) is 18.7 Å². The first kappa shape index (κ1) is 17.8. The number of urea groups is 1. The molecule has 1 rings (SSSR count). The molecule has 0 aliphatic carbocycles. The average Bonchev–Trinajstić information content (AvgIpc) is 2.45. The van der Waals surface area contributed by atoms with Crippen molar-refractivity contribution in [3.8, 4) is 0 Å². The molecule has 0 fully saturated rings. The molecular weight excluding hydrogens is 291 g/mol. The molecule has 21 heavy (non-hydrogen) atoms. The highest BCUT2D eigenvalue weighted by atomic mass is 32.2. The Hall–Kier alpha value is -1.27. The van der Waals surface area contributed by atoms with Crippen molar-refractivity contribution in [2.75, 3.05) is 25.1 Å². The number of aliphatic hydroxyl groups is 1. The Morgan fingerprint density at radius 2 is 1.95 bits per heavy atom. The molecule has 118 valence electrons. The third kappa shape index (κ3) is 6.82. The number of carbonyl (C=O) groups is 1. The molecular formula is C15H23FN2O2S. The number of hydrogen-bond acceptors (Lipinski definition) is 3. The molecule has 0 radical (unpaired) electrons. The molecule has 4 nitrogen and oxygen atoms in total. The number of unbranched alkanes of at least 4 members (excludes halogenated alkanes) is 1. The van der Waals surface area contributed by atoms with Gasteiger partial charge in [0, 0.05) is 6.54 Å². The number of hydrogen-bond donors (Lipinski definition) is 3. The Morgan fingerprint density at radius 1 is 1.29 bits per heavy atom. The Morgan fingerprint density at radius 3 is 2.57 bits per heavy atom. The zero-order chi connectivity index (χ0) is 15.7. The quantitative estimate of drug-likeness (QED) is 0.646. The smallest absolute Gasteiger partial charge is 0.314 e. The summed E-state index contributed by atoms with van der Waals surface area (Å²) in [5.74, 6) is 0.730. The van der Waals surface area contributed by atoms with Gasteiger partial charge in [0.15, 0.2) is 0 Å². The first-order valence-electron chi connectivity index (χ1n) is 6.95. The predicted molar refractivity (Wildman–Crippen MR) is 85.0 cm³/mol. The van der Waals surface area contributed by atoms with Gasteiger partial charge in [0.1, 0.15) is 11.4 Å². The summed E-state index contributed by atoms with van der Waals surface area (Å²) in [6, 6.07) is 5.29. The largest absolute Gasteiger partial charge is 0.384 e. The van der Waals surface area contributed by atoms with E-state index in [4.69, 9.17) is 0 Å². The van der Waals surface area contributed by atoms with Crippen LogP contribution in [0, 0.1) is 5.82 Å². The molecule has 0 aliphatic heterocycles. The zero-order valence-corrected chi connectivity index (χ0v) is 13.3. The summed E-state index contributed by atoms with van der Waals surface area (Å²) in [5, 5.41) is 15.7. The maximum Gasteiger partial charge on any atom is 0.314 e. The monoisotopic (exact) mass is 314 g/mol. The second-order valence-electron chi connectivity index (χ2n) is 5.09. The number of benzene rings is 1. The summed E-state index contributed by atoms with van der Waals surface area (Å²) in [6.07, 6.45) is 4.05. The van der Waals surface area contributed by atoms with Crippen molar-refractivity contribution in [1.82, 2.24) is 10.6 Å². The first-order chi connectivity index (χ1) is 9.95. The molecule has 1 atom stereocenters. The number of amides is 2. The molecule has 0 heterocycles. The third-order valence-electron chi connectivity index (χ3n) is 3.12. The minimum absolute atomic E-state index is 0.0648. The van der Waals surface area contributed by atoms with E-state index < -0.39 is 5.60 Å². The molecule has 3 N–H and O–H groups in total. The van der Waals surface area contributed by atoms with Crippen LogP contribution in [-0.2, 0) is 5.60 Å². The van der Waals surface area contributed by atoms with Crippen molar-refractivity contribution in [2.24, 2.45) is 0 Å². The fourth-order valence-electron chi connectivity index (χ4n) is 1.80. The Labute approximate surface area is 129 Å². The lowest BCUT2D eigenvalue weighted by molar-refractivity contribution is 0.0593. The van der Waals surface area contributed by atoms with E-state index in [9.17, 15) is 14.3 Å². The number of thioether (sulfide) groups is 1. The molecule has 0 saturated carbocycles. The Bertz CT molecular complexity index is 438. The van der Waals surface area contributed by atoms with Gasteiger partial charge in [0.05, 0.1) is 6.54 Å². The molecule has 1 unspecified atom stereocenters. The number of rotatable bonds is 8. The van der Waals surface area contributed by atoms with Crippen LogP contribution in [0.3, 0.4) is 0 Å². The van der Waals surface area contributed by atoms with Crippen molar-refractivity contribution in [1.29, 1.82) is 0 Å². The van der Waals surface area contributed by atoms with E-state index in [2.05, 4.69) is 16.9 Å². The van der Waals surface area contributed by atoms with Crippen molar-refractivity contribution in [3.63, 3.8) is 0 Å². The van der Waals surface area contributed by atoms with E-state index in [0.717, 1.165) is 18.6 Å². The van der Waals surface area contributed by atoms with Crippen LogP contribution < -0.4 is 10.6 Å². The van der Waals surface area contributed by atoms with Gasteiger partial charge in [0.25, 0.3) is 0 Å². The lowest BCUT2D eigenvalue weighted by Crippen LogP contribution is -2.43. The number of halogens is 1. The molecule has 1 aromatic rings.